The highest BCUT2D eigenvalue weighted by atomic mass is 32.2. The van der Waals surface area contributed by atoms with Gasteiger partial charge in [-0.2, -0.15) is 0 Å². The minimum absolute atomic E-state index is 0.0149. The Kier molecular flexibility index (Phi) is 6.80. The molecule has 0 heterocycles. The molecule has 6 nitrogen and oxygen atoms in total. The summed E-state index contributed by atoms with van der Waals surface area (Å²) in [6.07, 6.45) is 0.401. The van der Waals surface area contributed by atoms with Crippen LogP contribution in [0.4, 0.5) is 0 Å². The Morgan fingerprint density at radius 2 is 1.81 bits per heavy atom. The Morgan fingerprint density at radius 3 is 2.38 bits per heavy atom. The molecule has 0 aliphatic rings. The molecule has 1 amide bonds. The third kappa shape index (κ3) is 5.82. The number of carbonyl (C=O) groups excluding carboxylic acids is 1. The van der Waals surface area contributed by atoms with Gasteiger partial charge in [0.25, 0.3) is 0 Å². The van der Waals surface area contributed by atoms with E-state index in [1.54, 1.807) is 38.4 Å². The molecular formula is C14H23N3O3S. The van der Waals surface area contributed by atoms with E-state index in [0.717, 1.165) is 5.56 Å². The number of benzene rings is 1. The van der Waals surface area contributed by atoms with E-state index in [0.29, 0.717) is 19.5 Å². The fraction of sp³-hybridized carbons (Fsp3) is 0.500. The summed E-state index contributed by atoms with van der Waals surface area (Å²) in [5, 5.41) is 2.90. The van der Waals surface area contributed by atoms with Crippen molar-refractivity contribution in [1.82, 2.24) is 14.9 Å². The zero-order valence-electron chi connectivity index (χ0n) is 12.7. The van der Waals surface area contributed by atoms with E-state index in [-0.39, 0.29) is 17.3 Å². The van der Waals surface area contributed by atoms with Gasteiger partial charge in [0.2, 0.25) is 15.9 Å². The third-order valence-electron chi connectivity index (χ3n) is 3.09. The molecule has 0 bridgehead atoms. The number of aryl methyl sites for hydroxylation is 1. The summed E-state index contributed by atoms with van der Waals surface area (Å²) in [5.41, 5.74) is 1.00. The molecule has 118 valence electrons. The molecule has 0 aliphatic carbocycles. The fourth-order valence-electron chi connectivity index (χ4n) is 1.70. The molecular weight excluding hydrogens is 290 g/mol. The van der Waals surface area contributed by atoms with Crippen molar-refractivity contribution >= 4 is 15.9 Å². The van der Waals surface area contributed by atoms with Crippen molar-refractivity contribution in [2.75, 3.05) is 33.7 Å². The van der Waals surface area contributed by atoms with Crippen LogP contribution in [0.25, 0.3) is 0 Å². The van der Waals surface area contributed by atoms with Crippen LogP contribution in [0.5, 0.6) is 0 Å². The van der Waals surface area contributed by atoms with Crippen molar-refractivity contribution in [3.8, 4) is 0 Å². The molecule has 0 fully saturated rings. The minimum atomic E-state index is -3.52. The smallest absolute Gasteiger partial charge is 0.240 e. The molecule has 1 aromatic carbocycles. The lowest BCUT2D eigenvalue weighted by Gasteiger charge is -2.17. The Morgan fingerprint density at radius 1 is 1.19 bits per heavy atom. The first kappa shape index (κ1) is 17.6. The number of hydrogen-bond donors (Lipinski definition) is 2. The van der Waals surface area contributed by atoms with Crippen LogP contribution in [0.15, 0.2) is 29.2 Å². The van der Waals surface area contributed by atoms with Crippen LogP contribution >= 0.6 is 0 Å². The molecule has 1 rings (SSSR count). The van der Waals surface area contributed by atoms with Crippen LogP contribution in [0, 0.1) is 6.92 Å². The highest BCUT2D eigenvalue weighted by molar-refractivity contribution is 7.89. The molecule has 0 saturated heterocycles. The Balaban J connectivity index is 2.47. The topological polar surface area (TPSA) is 78.5 Å². The first-order chi connectivity index (χ1) is 9.86. The molecule has 0 aliphatic heterocycles. The van der Waals surface area contributed by atoms with Gasteiger partial charge < -0.3 is 10.2 Å². The number of amides is 1. The molecule has 0 radical (unpaired) electrons. The van der Waals surface area contributed by atoms with Gasteiger partial charge in [0.05, 0.1) is 4.90 Å². The average Bonchev–Trinajstić information content (AvgIpc) is 2.44. The lowest BCUT2D eigenvalue weighted by Crippen LogP contribution is -2.36. The maximum Gasteiger partial charge on any atom is 0.240 e. The summed E-state index contributed by atoms with van der Waals surface area (Å²) in [4.78, 5) is 13.4. The van der Waals surface area contributed by atoms with Crippen LogP contribution in [0.2, 0.25) is 0 Å². The van der Waals surface area contributed by atoms with E-state index in [4.69, 9.17) is 0 Å². The number of carbonyl (C=O) groups is 1. The van der Waals surface area contributed by atoms with Gasteiger partial charge in [-0.3, -0.25) is 4.79 Å². The predicted octanol–water partition coefficient (Wildman–Crippen LogP) is 0.341. The van der Waals surface area contributed by atoms with Gasteiger partial charge in [-0.05, 0) is 26.1 Å². The number of sulfonamides is 1. The minimum Gasteiger partial charge on any atom is -0.344 e. The molecule has 0 aromatic heterocycles. The summed E-state index contributed by atoms with van der Waals surface area (Å²) in [6.45, 7) is 3.04. The molecule has 1 aromatic rings. The van der Waals surface area contributed by atoms with E-state index in [1.165, 1.54) is 4.90 Å². The maximum atomic E-state index is 12.0. The second-order valence-corrected chi connectivity index (χ2v) is 6.65. The SMILES string of the molecule is CNCCC(=O)N(C)CCNS(=O)(=O)c1ccc(C)cc1. The van der Waals surface area contributed by atoms with Crippen molar-refractivity contribution in [2.24, 2.45) is 0 Å². The zero-order valence-corrected chi connectivity index (χ0v) is 13.5. The van der Waals surface area contributed by atoms with Gasteiger partial charge in [0, 0.05) is 33.1 Å². The summed E-state index contributed by atoms with van der Waals surface area (Å²) >= 11 is 0. The fourth-order valence-corrected chi connectivity index (χ4v) is 2.72. The van der Waals surface area contributed by atoms with Gasteiger partial charge in [-0.1, -0.05) is 17.7 Å². The highest BCUT2D eigenvalue weighted by Gasteiger charge is 2.14. The predicted molar refractivity (Wildman–Crippen MR) is 82.5 cm³/mol. The molecule has 7 heteroatoms. The van der Waals surface area contributed by atoms with Crippen molar-refractivity contribution in [3.63, 3.8) is 0 Å². The van der Waals surface area contributed by atoms with E-state index in [1.807, 2.05) is 6.92 Å². The van der Waals surface area contributed by atoms with E-state index < -0.39 is 10.0 Å². The van der Waals surface area contributed by atoms with Crippen LogP contribution in [0.1, 0.15) is 12.0 Å². The second kappa shape index (κ2) is 8.11. The lowest BCUT2D eigenvalue weighted by atomic mass is 10.2. The summed E-state index contributed by atoms with van der Waals surface area (Å²) < 4.78 is 26.6. The Labute approximate surface area is 126 Å². The number of likely N-dealkylation sites (N-methyl/N-ethyl adjacent to an activating group) is 1. The molecule has 21 heavy (non-hydrogen) atoms. The van der Waals surface area contributed by atoms with Crippen molar-refractivity contribution in [1.29, 1.82) is 0 Å². The summed E-state index contributed by atoms with van der Waals surface area (Å²) in [7, 11) is -0.0701. The standard InChI is InChI=1S/C14H23N3O3S/c1-12-4-6-13(7-5-12)21(19,20)16-10-11-17(3)14(18)8-9-15-2/h4-7,15-16H,8-11H2,1-3H3. The van der Waals surface area contributed by atoms with E-state index in [9.17, 15) is 13.2 Å². The molecule has 0 spiro atoms. The number of rotatable bonds is 8. The normalized spacial score (nSPS) is 11.4. The Hall–Kier alpha value is -1.44. The quantitative estimate of drug-likeness (QED) is 0.725. The number of nitrogens with one attached hydrogen (secondary N) is 2. The lowest BCUT2D eigenvalue weighted by molar-refractivity contribution is -0.129. The third-order valence-corrected chi connectivity index (χ3v) is 4.56. The summed E-state index contributed by atoms with van der Waals surface area (Å²) in [6, 6.07) is 6.64. The van der Waals surface area contributed by atoms with Crippen molar-refractivity contribution < 1.29 is 13.2 Å². The molecule has 0 unspecified atom stereocenters. The van der Waals surface area contributed by atoms with Crippen LogP contribution < -0.4 is 10.0 Å². The van der Waals surface area contributed by atoms with Crippen LogP contribution in [-0.2, 0) is 14.8 Å². The van der Waals surface area contributed by atoms with Crippen LogP contribution in [-0.4, -0.2) is 53.0 Å². The second-order valence-electron chi connectivity index (χ2n) is 4.88. The van der Waals surface area contributed by atoms with Crippen molar-refractivity contribution in [2.45, 2.75) is 18.2 Å². The summed E-state index contributed by atoms with van der Waals surface area (Å²) in [5.74, 6) is -0.0149. The maximum absolute atomic E-state index is 12.0. The van der Waals surface area contributed by atoms with Gasteiger partial charge in [0.1, 0.15) is 0 Å². The van der Waals surface area contributed by atoms with E-state index in [2.05, 4.69) is 10.0 Å². The van der Waals surface area contributed by atoms with E-state index >= 15 is 0 Å². The van der Waals surface area contributed by atoms with Crippen LogP contribution in [0.3, 0.4) is 0 Å². The Bertz CT molecular complexity index is 555. The first-order valence-electron chi connectivity index (χ1n) is 6.81. The van der Waals surface area contributed by atoms with Gasteiger partial charge in [-0.15, -0.1) is 0 Å². The van der Waals surface area contributed by atoms with Crippen molar-refractivity contribution in [3.05, 3.63) is 29.8 Å². The first-order valence-corrected chi connectivity index (χ1v) is 8.30. The molecule has 0 atom stereocenters. The molecule has 2 N–H and O–H groups in total. The average molecular weight is 313 g/mol. The van der Waals surface area contributed by atoms with Gasteiger partial charge in [0.15, 0.2) is 0 Å². The number of hydrogen-bond acceptors (Lipinski definition) is 4. The van der Waals surface area contributed by atoms with Gasteiger partial charge >= 0.3 is 0 Å². The largest absolute Gasteiger partial charge is 0.344 e. The highest BCUT2D eigenvalue weighted by Crippen LogP contribution is 2.09. The van der Waals surface area contributed by atoms with Gasteiger partial charge in [-0.25, -0.2) is 13.1 Å². The number of nitrogens with zero attached hydrogens (tertiary/aromatic N) is 1. The zero-order chi connectivity index (χ0) is 15.9. The monoisotopic (exact) mass is 313 g/mol. The molecule has 0 saturated carbocycles.